The molecule has 0 saturated carbocycles. The summed E-state index contributed by atoms with van der Waals surface area (Å²) in [6.45, 7) is 0. The lowest BCUT2D eigenvalue weighted by atomic mass is 9.97. The van der Waals surface area contributed by atoms with Gasteiger partial charge in [0, 0.05) is 0 Å². The summed E-state index contributed by atoms with van der Waals surface area (Å²) in [5.74, 6) is -1.53. The molecule has 21 heavy (non-hydrogen) atoms. The Morgan fingerprint density at radius 2 is 1.24 bits per heavy atom. The Morgan fingerprint density at radius 3 is 1.81 bits per heavy atom. The molecule has 0 bridgehead atoms. The van der Waals surface area contributed by atoms with Gasteiger partial charge in [-0.05, 0) is 29.3 Å². The van der Waals surface area contributed by atoms with Crippen molar-refractivity contribution >= 4 is 0 Å². The number of rotatable bonds is 1. The van der Waals surface area contributed by atoms with Gasteiger partial charge in [-0.15, -0.1) is 0 Å². The van der Waals surface area contributed by atoms with Gasteiger partial charge in [0.05, 0.1) is 11.1 Å². The third-order valence-corrected chi connectivity index (χ3v) is 2.82. The van der Waals surface area contributed by atoms with E-state index >= 15 is 0 Å². The van der Waals surface area contributed by atoms with Crippen LogP contribution >= 0.6 is 0 Å². The summed E-state index contributed by atoms with van der Waals surface area (Å²) < 4.78 is 89.6. The standard InChI is InChI=1S/C14H7F7/c15-12-6-5-8(7-11(12)14(19,20)21)9-3-1-2-4-10(9)13(16,17)18/h1-7H. The van der Waals surface area contributed by atoms with Crippen LogP contribution in [-0.4, -0.2) is 0 Å². The Bertz CT molecular complexity index is 653. The molecule has 0 atom stereocenters. The van der Waals surface area contributed by atoms with Crippen LogP contribution in [-0.2, 0) is 12.4 Å². The molecule has 112 valence electrons. The van der Waals surface area contributed by atoms with E-state index in [0.717, 1.165) is 24.3 Å². The van der Waals surface area contributed by atoms with E-state index in [1.807, 2.05) is 0 Å². The van der Waals surface area contributed by atoms with Crippen molar-refractivity contribution in [1.82, 2.24) is 0 Å². The SMILES string of the molecule is Fc1ccc(-c2ccccc2C(F)(F)F)cc1C(F)(F)F. The largest absolute Gasteiger partial charge is 0.419 e. The second-order valence-corrected chi connectivity index (χ2v) is 4.24. The molecule has 0 unspecified atom stereocenters. The van der Waals surface area contributed by atoms with Crippen LogP contribution in [0.25, 0.3) is 11.1 Å². The van der Waals surface area contributed by atoms with Crippen molar-refractivity contribution in [3.63, 3.8) is 0 Å². The minimum absolute atomic E-state index is 0.350. The molecule has 0 nitrogen and oxygen atoms in total. The van der Waals surface area contributed by atoms with Gasteiger partial charge in [-0.3, -0.25) is 0 Å². The summed E-state index contributed by atoms with van der Waals surface area (Å²) in [5, 5.41) is 0. The highest BCUT2D eigenvalue weighted by Crippen LogP contribution is 2.39. The highest BCUT2D eigenvalue weighted by molar-refractivity contribution is 5.69. The third-order valence-electron chi connectivity index (χ3n) is 2.82. The van der Waals surface area contributed by atoms with E-state index in [4.69, 9.17) is 0 Å². The van der Waals surface area contributed by atoms with E-state index < -0.39 is 34.9 Å². The molecule has 2 rings (SSSR count). The molecule has 0 saturated heterocycles. The first-order chi connectivity index (χ1) is 9.60. The second-order valence-electron chi connectivity index (χ2n) is 4.24. The zero-order valence-electron chi connectivity index (χ0n) is 10.2. The van der Waals surface area contributed by atoms with Crippen LogP contribution in [0.4, 0.5) is 30.7 Å². The van der Waals surface area contributed by atoms with E-state index in [2.05, 4.69) is 0 Å². The van der Waals surface area contributed by atoms with Gasteiger partial charge in [0.2, 0.25) is 0 Å². The molecule has 0 fully saturated rings. The maximum Gasteiger partial charge on any atom is 0.419 e. The molecule has 0 aliphatic carbocycles. The molecule has 2 aromatic rings. The maximum atomic E-state index is 13.2. The van der Waals surface area contributed by atoms with Gasteiger partial charge in [-0.1, -0.05) is 24.3 Å². The first-order valence-corrected chi connectivity index (χ1v) is 5.64. The van der Waals surface area contributed by atoms with Crippen LogP contribution in [0.3, 0.4) is 0 Å². The number of hydrogen-bond donors (Lipinski definition) is 0. The molecule has 0 aliphatic heterocycles. The maximum absolute atomic E-state index is 13.2. The Hall–Kier alpha value is -2.05. The quantitative estimate of drug-likeness (QED) is 0.608. The Labute approximate surface area is 114 Å². The average molecular weight is 308 g/mol. The Balaban J connectivity index is 2.64. The number of halogens is 7. The average Bonchev–Trinajstić information content (AvgIpc) is 2.37. The lowest BCUT2D eigenvalue weighted by Crippen LogP contribution is -2.10. The van der Waals surface area contributed by atoms with Crippen molar-refractivity contribution < 1.29 is 30.7 Å². The van der Waals surface area contributed by atoms with Crippen LogP contribution in [0.1, 0.15) is 11.1 Å². The van der Waals surface area contributed by atoms with E-state index in [1.165, 1.54) is 6.07 Å². The smallest absolute Gasteiger partial charge is 0.206 e. The van der Waals surface area contributed by atoms with Gasteiger partial charge in [-0.25, -0.2) is 4.39 Å². The molecule has 7 heteroatoms. The fourth-order valence-corrected chi connectivity index (χ4v) is 1.89. The first kappa shape index (κ1) is 15.3. The normalized spacial score (nSPS) is 12.5. The van der Waals surface area contributed by atoms with Gasteiger partial charge in [-0.2, -0.15) is 26.3 Å². The molecule has 0 N–H and O–H groups in total. The minimum Gasteiger partial charge on any atom is -0.206 e. The van der Waals surface area contributed by atoms with Crippen LogP contribution in [0.5, 0.6) is 0 Å². The van der Waals surface area contributed by atoms with E-state index in [9.17, 15) is 30.7 Å². The molecule has 0 aromatic heterocycles. The monoisotopic (exact) mass is 308 g/mol. The predicted molar refractivity (Wildman–Crippen MR) is 61.8 cm³/mol. The summed E-state index contributed by atoms with van der Waals surface area (Å²) in [6, 6.07) is 5.95. The molecule has 0 heterocycles. The second kappa shape index (κ2) is 5.05. The minimum atomic E-state index is -4.98. The number of benzene rings is 2. The lowest BCUT2D eigenvalue weighted by Gasteiger charge is -2.14. The van der Waals surface area contributed by atoms with Crippen LogP contribution < -0.4 is 0 Å². The van der Waals surface area contributed by atoms with Gasteiger partial charge >= 0.3 is 12.4 Å². The molecule has 0 aliphatic rings. The Morgan fingerprint density at radius 1 is 0.667 bits per heavy atom. The van der Waals surface area contributed by atoms with E-state index in [0.29, 0.717) is 12.1 Å². The van der Waals surface area contributed by atoms with Crippen LogP contribution in [0.15, 0.2) is 42.5 Å². The topological polar surface area (TPSA) is 0 Å². The van der Waals surface area contributed by atoms with Crippen LogP contribution in [0.2, 0.25) is 0 Å². The number of hydrogen-bond acceptors (Lipinski definition) is 0. The fraction of sp³-hybridized carbons (Fsp3) is 0.143. The summed E-state index contributed by atoms with van der Waals surface area (Å²) in [5.41, 5.74) is -3.46. The summed E-state index contributed by atoms with van der Waals surface area (Å²) in [6.07, 6.45) is -9.70. The molecule has 0 radical (unpaired) electrons. The van der Waals surface area contributed by atoms with Gasteiger partial charge < -0.3 is 0 Å². The van der Waals surface area contributed by atoms with Crippen molar-refractivity contribution in [2.45, 2.75) is 12.4 Å². The van der Waals surface area contributed by atoms with E-state index in [1.54, 1.807) is 0 Å². The molecular weight excluding hydrogens is 301 g/mol. The van der Waals surface area contributed by atoms with Crippen molar-refractivity contribution in [2.75, 3.05) is 0 Å². The van der Waals surface area contributed by atoms with E-state index in [-0.39, 0.29) is 5.56 Å². The third kappa shape index (κ3) is 3.17. The fourth-order valence-electron chi connectivity index (χ4n) is 1.89. The Kier molecular flexibility index (Phi) is 3.69. The van der Waals surface area contributed by atoms with Crippen molar-refractivity contribution in [2.24, 2.45) is 0 Å². The van der Waals surface area contributed by atoms with Gasteiger partial charge in [0.25, 0.3) is 0 Å². The highest BCUT2D eigenvalue weighted by Gasteiger charge is 2.36. The van der Waals surface area contributed by atoms with Crippen molar-refractivity contribution in [3.8, 4) is 11.1 Å². The van der Waals surface area contributed by atoms with Crippen molar-refractivity contribution in [3.05, 3.63) is 59.4 Å². The predicted octanol–water partition coefficient (Wildman–Crippen LogP) is 5.53. The zero-order chi connectivity index (χ0) is 15.8. The zero-order valence-corrected chi connectivity index (χ0v) is 10.2. The summed E-state index contributed by atoms with van der Waals surface area (Å²) >= 11 is 0. The lowest BCUT2D eigenvalue weighted by molar-refractivity contribution is -0.140. The summed E-state index contributed by atoms with van der Waals surface area (Å²) in [4.78, 5) is 0. The van der Waals surface area contributed by atoms with Gasteiger partial charge in [0.15, 0.2) is 0 Å². The summed E-state index contributed by atoms with van der Waals surface area (Å²) in [7, 11) is 0. The molecule has 0 spiro atoms. The highest BCUT2D eigenvalue weighted by atomic mass is 19.4. The first-order valence-electron chi connectivity index (χ1n) is 5.64. The van der Waals surface area contributed by atoms with Gasteiger partial charge in [0.1, 0.15) is 5.82 Å². The van der Waals surface area contributed by atoms with Crippen molar-refractivity contribution in [1.29, 1.82) is 0 Å². The molecule has 2 aromatic carbocycles. The van der Waals surface area contributed by atoms with Crippen LogP contribution in [0, 0.1) is 5.82 Å². The molecular formula is C14H7F7. The number of alkyl halides is 6. The molecule has 0 amide bonds.